The Morgan fingerprint density at radius 3 is 2.59 bits per heavy atom. The minimum atomic E-state index is -2.50. The maximum atomic E-state index is 14.0. The van der Waals surface area contributed by atoms with E-state index in [1.54, 1.807) is 18.2 Å². The largest absolute Gasteiger partial charge is 0.326 e. The fraction of sp³-hybridized carbons (Fsp3) is 0.296. The molecule has 3 aromatic rings. The lowest BCUT2D eigenvalue weighted by molar-refractivity contribution is -0.118. The Hall–Kier alpha value is -3.22. The van der Waals surface area contributed by atoms with Gasteiger partial charge in [-0.3, -0.25) is 10.1 Å². The van der Waals surface area contributed by atoms with Crippen LogP contribution in [0.3, 0.4) is 0 Å². The summed E-state index contributed by atoms with van der Waals surface area (Å²) in [6.45, 7) is 8.04. The molecule has 10 heteroatoms. The normalized spacial score (nSPS) is 15.8. The van der Waals surface area contributed by atoms with Crippen molar-refractivity contribution in [3.63, 3.8) is 0 Å². The van der Waals surface area contributed by atoms with Gasteiger partial charge in [0.25, 0.3) is 0 Å². The van der Waals surface area contributed by atoms with E-state index in [2.05, 4.69) is 29.5 Å². The van der Waals surface area contributed by atoms with E-state index >= 15 is 0 Å². The summed E-state index contributed by atoms with van der Waals surface area (Å²) in [4.78, 5) is 31.1. The van der Waals surface area contributed by atoms with Gasteiger partial charge in [0.05, 0.1) is 5.02 Å². The number of carbonyl (C=O) groups is 2. The number of urea groups is 1. The molecule has 194 valence electrons. The van der Waals surface area contributed by atoms with Gasteiger partial charge < -0.3 is 14.8 Å². The number of benzene rings is 2. The highest BCUT2D eigenvalue weighted by Gasteiger charge is 2.35. The summed E-state index contributed by atoms with van der Waals surface area (Å²) in [5.74, 6) is -1.18. The van der Waals surface area contributed by atoms with Gasteiger partial charge in [0.1, 0.15) is 13.2 Å². The minimum absolute atomic E-state index is 0.110. The molecule has 1 aliphatic heterocycles. The van der Waals surface area contributed by atoms with Crippen molar-refractivity contribution in [3.8, 4) is 11.1 Å². The second-order valence-corrected chi connectivity index (χ2v) is 13.3. The number of nitrogens with one attached hydrogen (secondary N) is 2. The van der Waals surface area contributed by atoms with Crippen LogP contribution in [0.2, 0.25) is 5.02 Å². The summed E-state index contributed by atoms with van der Waals surface area (Å²) >= 11 is 5.70. The van der Waals surface area contributed by atoms with Gasteiger partial charge in [-0.2, -0.15) is 0 Å². The molecule has 1 aliphatic rings. The fourth-order valence-electron chi connectivity index (χ4n) is 4.48. The van der Waals surface area contributed by atoms with E-state index in [4.69, 9.17) is 11.6 Å². The number of amides is 3. The number of hydrogen-bond acceptors (Lipinski definition) is 4. The maximum absolute atomic E-state index is 14.0. The van der Waals surface area contributed by atoms with Crippen molar-refractivity contribution in [2.75, 3.05) is 30.1 Å². The van der Waals surface area contributed by atoms with Crippen LogP contribution in [0, 0.1) is 5.82 Å². The van der Waals surface area contributed by atoms with Crippen LogP contribution in [-0.4, -0.2) is 42.8 Å². The predicted molar refractivity (Wildman–Crippen MR) is 147 cm³/mol. The first-order valence-corrected chi connectivity index (χ1v) is 14.9. The molecule has 1 aromatic heterocycles. The number of nitrogens with zero attached hydrogens (tertiary/aromatic N) is 2. The number of anilines is 2. The van der Waals surface area contributed by atoms with E-state index in [0.717, 1.165) is 33.7 Å². The van der Waals surface area contributed by atoms with Gasteiger partial charge in [0.15, 0.2) is 11.6 Å². The van der Waals surface area contributed by atoms with Crippen molar-refractivity contribution in [2.24, 2.45) is 0 Å². The number of hydrogen-bond donors (Lipinski definition) is 2. The Kier molecular flexibility index (Phi) is 7.72. The zero-order valence-corrected chi connectivity index (χ0v) is 22.7. The molecule has 7 nitrogen and oxygen atoms in total. The van der Waals surface area contributed by atoms with Gasteiger partial charge >= 0.3 is 6.03 Å². The van der Waals surface area contributed by atoms with E-state index in [9.17, 15) is 18.5 Å². The number of rotatable bonds is 6. The molecule has 0 saturated carbocycles. The molecule has 0 spiro atoms. The Balaban J connectivity index is 1.56. The Morgan fingerprint density at radius 1 is 1.19 bits per heavy atom. The Labute approximate surface area is 220 Å². The Morgan fingerprint density at radius 2 is 1.92 bits per heavy atom. The van der Waals surface area contributed by atoms with Crippen LogP contribution in [0.4, 0.5) is 20.7 Å². The van der Waals surface area contributed by atoms with Crippen molar-refractivity contribution in [1.82, 2.24) is 10.3 Å². The monoisotopic (exact) mass is 542 g/mol. The second-order valence-electron chi connectivity index (χ2n) is 9.71. The molecule has 2 aromatic carbocycles. The highest BCUT2D eigenvalue weighted by Crippen LogP contribution is 2.40. The molecule has 1 unspecified atom stereocenters. The molecular formula is C27H29ClFN4O3P. The molecule has 0 bridgehead atoms. The van der Waals surface area contributed by atoms with Crippen LogP contribution in [0.1, 0.15) is 31.7 Å². The number of pyridine rings is 1. The highest BCUT2D eigenvalue weighted by molar-refractivity contribution is 7.70. The van der Waals surface area contributed by atoms with Gasteiger partial charge in [-0.05, 0) is 60.6 Å². The lowest BCUT2D eigenvalue weighted by Crippen LogP contribution is -2.43. The van der Waals surface area contributed by atoms with Crippen LogP contribution in [0.25, 0.3) is 11.1 Å². The van der Waals surface area contributed by atoms with Crippen molar-refractivity contribution < 1.29 is 18.5 Å². The third kappa shape index (κ3) is 5.86. The molecule has 37 heavy (non-hydrogen) atoms. The fourth-order valence-corrected chi connectivity index (χ4v) is 5.85. The lowest BCUT2D eigenvalue weighted by Gasteiger charge is -2.24. The molecule has 2 N–H and O–H groups in total. The van der Waals surface area contributed by atoms with Crippen molar-refractivity contribution in [2.45, 2.75) is 32.2 Å². The van der Waals surface area contributed by atoms with E-state index in [0.29, 0.717) is 13.0 Å². The molecule has 1 saturated heterocycles. The SMILES string of the molecule is CC(C)c1cc(-c2ccccc2P(C)(C)=O)ccc1N1CCC(NC(=O)Nc2ncc(Cl)cc2F)C1=O. The number of halogens is 2. The highest BCUT2D eigenvalue weighted by atomic mass is 35.5. The summed E-state index contributed by atoms with van der Waals surface area (Å²) in [6, 6.07) is 13.1. The number of aromatic nitrogens is 1. The smallest absolute Gasteiger partial charge is 0.321 e. The molecule has 0 aliphatic carbocycles. The lowest BCUT2D eigenvalue weighted by atomic mass is 9.95. The average Bonchev–Trinajstić information content (AvgIpc) is 3.19. The summed E-state index contributed by atoms with van der Waals surface area (Å²) < 4.78 is 26.9. The second kappa shape index (κ2) is 10.6. The molecule has 2 heterocycles. The Bertz CT molecular complexity index is 1410. The van der Waals surface area contributed by atoms with Crippen LogP contribution in [-0.2, 0) is 9.36 Å². The third-order valence-electron chi connectivity index (χ3n) is 6.29. The molecule has 1 fully saturated rings. The van der Waals surface area contributed by atoms with Crippen LogP contribution in [0.5, 0.6) is 0 Å². The standard InChI is InChI=1S/C27H29ClFN4O3P/c1-16(2)20-13-17(19-7-5-6-8-24(19)37(3,4)36)9-10-23(20)33-12-11-22(26(33)34)31-27(35)32-25-21(29)14-18(28)15-30-25/h5-10,13-16,22H,11-12H2,1-4H3,(H2,30,31,32,35). The molecular weight excluding hydrogens is 514 g/mol. The molecule has 0 radical (unpaired) electrons. The molecule has 4 rings (SSSR count). The summed E-state index contributed by atoms with van der Waals surface area (Å²) in [6.07, 6.45) is 1.62. The maximum Gasteiger partial charge on any atom is 0.321 e. The molecule has 3 amide bonds. The number of carbonyl (C=O) groups excluding carboxylic acids is 2. The van der Waals surface area contributed by atoms with Gasteiger partial charge in [-0.25, -0.2) is 14.2 Å². The zero-order chi connectivity index (χ0) is 26.9. The molecule has 1 atom stereocenters. The van der Waals surface area contributed by atoms with Crippen LogP contribution < -0.4 is 20.8 Å². The first-order chi connectivity index (χ1) is 17.5. The quantitative estimate of drug-likeness (QED) is 0.383. The third-order valence-corrected chi connectivity index (χ3v) is 8.04. The van der Waals surface area contributed by atoms with Gasteiger partial charge in [-0.1, -0.05) is 55.8 Å². The van der Waals surface area contributed by atoms with Gasteiger partial charge in [0, 0.05) is 23.7 Å². The van der Waals surface area contributed by atoms with Crippen LogP contribution >= 0.6 is 18.7 Å². The topological polar surface area (TPSA) is 91.4 Å². The summed E-state index contributed by atoms with van der Waals surface area (Å²) in [7, 11) is -2.50. The van der Waals surface area contributed by atoms with E-state index in [1.165, 1.54) is 6.20 Å². The summed E-state index contributed by atoms with van der Waals surface area (Å²) in [5, 5.41) is 5.87. The average molecular weight is 543 g/mol. The minimum Gasteiger partial charge on any atom is -0.326 e. The van der Waals surface area contributed by atoms with E-state index in [1.807, 2.05) is 42.5 Å². The summed E-state index contributed by atoms with van der Waals surface area (Å²) in [5.41, 5.74) is 3.59. The van der Waals surface area contributed by atoms with Crippen LogP contribution in [0.15, 0.2) is 54.7 Å². The van der Waals surface area contributed by atoms with Crippen molar-refractivity contribution in [3.05, 3.63) is 71.1 Å². The zero-order valence-electron chi connectivity index (χ0n) is 21.1. The van der Waals surface area contributed by atoms with Crippen molar-refractivity contribution in [1.29, 1.82) is 0 Å². The predicted octanol–water partition coefficient (Wildman–Crippen LogP) is 5.84. The van der Waals surface area contributed by atoms with Gasteiger partial charge in [0.2, 0.25) is 5.91 Å². The van der Waals surface area contributed by atoms with Crippen molar-refractivity contribution >= 4 is 47.5 Å². The van der Waals surface area contributed by atoms with E-state index < -0.39 is 25.0 Å². The van der Waals surface area contributed by atoms with Gasteiger partial charge in [-0.15, -0.1) is 0 Å². The first kappa shape index (κ1) is 26.8. The van der Waals surface area contributed by atoms with E-state index in [-0.39, 0.29) is 22.7 Å². The first-order valence-electron chi connectivity index (χ1n) is 11.9.